The predicted molar refractivity (Wildman–Crippen MR) is 67.0 cm³/mol. The number of hydrogen-bond acceptors (Lipinski definition) is 3. The molecular formula is C12H14F3NOS. The van der Waals surface area contributed by atoms with E-state index in [1.807, 2.05) is 11.8 Å². The van der Waals surface area contributed by atoms with Gasteiger partial charge in [-0.05, 0) is 36.0 Å². The van der Waals surface area contributed by atoms with Crippen molar-refractivity contribution in [2.75, 3.05) is 23.4 Å². The lowest BCUT2D eigenvalue weighted by molar-refractivity contribution is -0.274. The molecule has 1 atom stereocenters. The summed E-state index contributed by atoms with van der Waals surface area (Å²) in [6.45, 7) is 0.686. The highest BCUT2D eigenvalue weighted by Gasteiger charge is 2.32. The van der Waals surface area contributed by atoms with E-state index >= 15 is 0 Å². The first-order chi connectivity index (χ1) is 8.54. The molecule has 18 heavy (non-hydrogen) atoms. The number of thioether (sulfide) groups is 1. The fourth-order valence-electron chi connectivity index (χ4n) is 1.82. The summed E-state index contributed by atoms with van der Waals surface area (Å²) >= 11 is 1.88. The third kappa shape index (κ3) is 4.01. The molecule has 1 aromatic carbocycles. The summed E-state index contributed by atoms with van der Waals surface area (Å²) in [7, 11) is 0. The van der Waals surface area contributed by atoms with Gasteiger partial charge in [-0.2, -0.15) is 11.8 Å². The zero-order valence-electron chi connectivity index (χ0n) is 9.67. The summed E-state index contributed by atoms with van der Waals surface area (Å²) in [5, 5.41) is 3.04. The van der Waals surface area contributed by atoms with E-state index < -0.39 is 6.36 Å². The lowest BCUT2D eigenvalue weighted by Gasteiger charge is -2.16. The highest BCUT2D eigenvalue weighted by molar-refractivity contribution is 7.99. The van der Waals surface area contributed by atoms with Crippen molar-refractivity contribution in [2.45, 2.75) is 12.8 Å². The molecule has 0 saturated carbocycles. The quantitative estimate of drug-likeness (QED) is 0.905. The van der Waals surface area contributed by atoms with Crippen molar-refractivity contribution in [3.8, 4) is 5.75 Å². The highest BCUT2D eigenvalue weighted by atomic mass is 32.2. The molecule has 2 nitrogen and oxygen atoms in total. The first-order valence-electron chi connectivity index (χ1n) is 5.71. The van der Waals surface area contributed by atoms with Crippen molar-refractivity contribution < 1.29 is 17.9 Å². The number of para-hydroxylation sites is 2. The zero-order valence-corrected chi connectivity index (χ0v) is 10.5. The Labute approximate surface area is 108 Å². The number of hydrogen-bond donors (Lipinski definition) is 1. The Morgan fingerprint density at radius 3 is 2.78 bits per heavy atom. The van der Waals surface area contributed by atoms with E-state index in [-0.39, 0.29) is 5.75 Å². The lowest BCUT2D eigenvalue weighted by atomic mass is 10.1. The molecular weight excluding hydrogens is 263 g/mol. The average Bonchev–Trinajstić information content (AvgIpc) is 2.79. The van der Waals surface area contributed by atoms with Crippen LogP contribution in [0.3, 0.4) is 0 Å². The summed E-state index contributed by atoms with van der Waals surface area (Å²) in [5.41, 5.74) is 0.395. The van der Waals surface area contributed by atoms with Crippen LogP contribution >= 0.6 is 11.8 Å². The molecule has 0 spiro atoms. The number of rotatable bonds is 4. The largest absolute Gasteiger partial charge is 0.573 e. The Bertz CT molecular complexity index is 391. The third-order valence-corrected chi connectivity index (χ3v) is 3.95. The van der Waals surface area contributed by atoms with Gasteiger partial charge in [0.2, 0.25) is 0 Å². The molecule has 0 radical (unpaired) electrons. The molecule has 0 amide bonds. The summed E-state index contributed by atoms with van der Waals surface area (Å²) < 4.78 is 40.6. The van der Waals surface area contributed by atoms with Crippen molar-refractivity contribution in [3.63, 3.8) is 0 Å². The van der Waals surface area contributed by atoms with Gasteiger partial charge in [-0.15, -0.1) is 13.2 Å². The van der Waals surface area contributed by atoms with E-state index in [1.165, 1.54) is 12.1 Å². The minimum absolute atomic E-state index is 0.171. The minimum atomic E-state index is -4.65. The van der Waals surface area contributed by atoms with Gasteiger partial charge < -0.3 is 10.1 Å². The Hall–Kier alpha value is -1.04. The van der Waals surface area contributed by atoms with Gasteiger partial charge in [-0.3, -0.25) is 0 Å². The molecule has 1 heterocycles. The van der Waals surface area contributed by atoms with Gasteiger partial charge in [0.15, 0.2) is 5.75 Å². The van der Waals surface area contributed by atoms with Crippen molar-refractivity contribution in [2.24, 2.45) is 5.92 Å². The number of halogens is 3. The van der Waals surface area contributed by atoms with E-state index in [9.17, 15) is 13.2 Å². The second-order valence-corrected chi connectivity index (χ2v) is 5.30. The molecule has 100 valence electrons. The first kappa shape index (κ1) is 13.4. The molecule has 1 fully saturated rings. The molecule has 1 aliphatic heterocycles. The molecule has 1 aliphatic rings. The van der Waals surface area contributed by atoms with Crippen LogP contribution < -0.4 is 10.1 Å². The number of nitrogens with one attached hydrogen (secondary N) is 1. The second kappa shape index (κ2) is 5.73. The number of benzene rings is 1. The van der Waals surface area contributed by atoms with Crippen LogP contribution in [0.5, 0.6) is 5.75 Å². The van der Waals surface area contributed by atoms with E-state index in [0.717, 1.165) is 17.9 Å². The number of alkyl halides is 3. The molecule has 2 rings (SSSR count). The molecule has 0 aromatic heterocycles. The lowest BCUT2D eigenvalue weighted by Crippen LogP contribution is -2.19. The molecule has 1 unspecified atom stereocenters. The second-order valence-electron chi connectivity index (χ2n) is 4.15. The monoisotopic (exact) mass is 277 g/mol. The van der Waals surface area contributed by atoms with E-state index in [1.54, 1.807) is 12.1 Å². The fraction of sp³-hybridized carbons (Fsp3) is 0.500. The van der Waals surface area contributed by atoms with Gasteiger partial charge in [0.25, 0.3) is 0 Å². The van der Waals surface area contributed by atoms with Crippen LogP contribution in [0.1, 0.15) is 6.42 Å². The van der Waals surface area contributed by atoms with Crippen molar-refractivity contribution >= 4 is 17.4 Å². The minimum Gasteiger partial charge on any atom is -0.404 e. The van der Waals surface area contributed by atoms with E-state index in [0.29, 0.717) is 18.2 Å². The van der Waals surface area contributed by atoms with Crippen molar-refractivity contribution in [1.82, 2.24) is 0 Å². The van der Waals surface area contributed by atoms with E-state index in [2.05, 4.69) is 10.1 Å². The first-order valence-corrected chi connectivity index (χ1v) is 6.86. The topological polar surface area (TPSA) is 21.3 Å². The van der Waals surface area contributed by atoms with Crippen LogP contribution in [0.25, 0.3) is 0 Å². The summed E-state index contributed by atoms with van der Waals surface area (Å²) in [5.74, 6) is 2.55. The average molecular weight is 277 g/mol. The molecule has 6 heteroatoms. The van der Waals surface area contributed by atoms with Gasteiger partial charge >= 0.3 is 6.36 Å². The molecule has 0 bridgehead atoms. The van der Waals surface area contributed by atoms with Gasteiger partial charge in [-0.1, -0.05) is 12.1 Å². The predicted octanol–water partition coefficient (Wildman–Crippen LogP) is 3.75. The summed E-state index contributed by atoms with van der Waals surface area (Å²) in [6.07, 6.45) is -3.54. The summed E-state index contributed by atoms with van der Waals surface area (Å²) in [4.78, 5) is 0. The summed E-state index contributed by atoms with van der Waals surface area (Å²) in [6, 6.07) is 6.13. The van der Waals surface area contributed by atoms with Crippen LogP contribution in [0.2, 0.25) is 0 Å². The Kier molecular flexibility index (Phi) is 4.27. The SMILES string of the molecule is FC(F)(F)Oc1ccccc1NCC1CCSC1. The van der Waals surface area contributed by atoms with E-state index in [4.69, 9.17) is 0 Å². The van der Waals surface area contributed by atoms with Crippen LogP contribution in [-0.4, -0.2) is 24.4 Å². The Morgan fingerprint density at radius 1 is 1.33 bits per heavy atom. The standard InChI is InChI=1S/C12H14F3NOS/c13-12(14,15)17-11-4-2-1-3-10(11)16-7-9-5-6-18-8-9/h1-4,9,16H,5-8H2. The Morgan fingerprint density at radius 2 is 2.11 bits per heavy atom. The maximum atomic E-state index is 12.2. The van der Waals surface area contributed by atoms with Gasteiger partial charge in [0, 0.05) is 6.54 Å². The number of ether oxygens (including phenoxy) is 1. The third-order valence-electron chi connectivity index (χ3n) is 2.72. The normalized spacial score (nSPS) is 19.8. The molecule has 0 aliphatic carbocycles. The number of anilines is 1. The zero-order chi connectivity index (χ0) is 13.0. The van der Waals surface area contributed by atoms with Gasteiger partial charge in [0.1, 0.15) is 0 Å². The fourth-order valence-corrected chi connectivity index (χ4v) is 3.11. The van der Waals surface area contributed by atoms with Crippen LogP contribution in [-0.2, 0) is 0 Å². The van der Waals surface area contributed by atoms with Gasteiger partial charge in [-0.25, -0.2) is 0 Å². The Balaban J connectivity index is 1.98. The van der Waals surface area contributed by atoms with Crippen molar-refractivity contribution in [3.05, 3.63) is 24.3 Å². The van der Waals surface area contributed by atoms with Crippen LogP contribution in [0.4, 0.5) is 18.9 Å². The van der Waals surface area contributed by atoms with Gasteiger partial charge in [0.05, 0.1) is 5.69 Å². The maximum absolute atomic E-state index is 12.2. The molecule has 1 aromatic rings. The van der Waals surface area contributed by atoms with Crippen molar-refractivity contribution in [1.29, 1.82) is 0 Å². The maximum Gasteiger partial charge on any atom is 0.573 e. The van der Waals surface area contributed by atoms with Crippen LogP contribution in [0.15, 0.2) is 24.3 Å². The highest BCUT2D eigenvalue weighted by Crippen LogP contribution is 2.31. The smallest absolute Gasteiger partial charge is 0.404 e. The molecule has 1 saturated heterocycles. The molecule has 1 N–H and O–H groups in total. The van der Waals surface area contributed by atoms with Crippen LogP contribution in [0, 0.1) is 5.92 Å².